The van der Waals surface area contributed by atoms with Gasteiger partial charge in [-0.05, 0) is 32.0 Å². The molecule has 16 heavy (non-hydrogen) atoms. The molecule has 1 aromatic carbocycles. The molecular formula is C11H16BrClN2O. The summed E-state index contributed by atoms with van der Waals surface area (Å²) < 4.78 is 0.936. The van der Waals surface area contributed by atoms with Crippen molar-refractivity contribution in [3.05, 3.63) is 28.7 Å². The first-order valence-electron chi connectivity index (χ1n) is 4.73. The molecule has 1 amide bonds. The maximum Gasteiger partial charge on any atom is 0.231 e. The van der Waals surface area contributed by atoms with Crippen LogP contribution in [0.4, 0.5) is 5.69 Å². The Morgan fingerprint density at radius 1 is 1.50 bits per heavy atom. The second-order valence-corrected chi connectivity index (χ2v) is 4.97. The van der Waals surface area contributed by atoms with Gasteiger partial charge in [0.25, 0.3) is 0 Å². The largest absolute Gasteiger partial charge is 0.329 e. The quantitative estimate of drug-likeness (QED) is 0.902. The van der Waals surface area contributed by atoms with Crippen molar-refractivity contribution >= 4 is 39.9 Å². The number of carbonyl (C=O) groups excluding carboxylic acids is 1. The predicted octanol–water partition coefficient (Wildman–Crippen LogP) is 2.79. The van der Waals surface area contributed by atoms with E-state index in [0.29, 0.717) is 6.54 Å². The Labute approximate surface area is 110 Å². The van der Waals surface area contributed by atoms with Crippen molar-refractivity contribution in [1.82, 2.24) is 0 Å². The Morgan fingerprint density at radius 2 is 2.12 bits per heavy atom. The van der Waals surface area contributed by atoms with E-state index >= 15 is 0 Å². The van der Waals surface area contributed by atoms with Crippen molar-refractivity contribution in [1.29, 1.82) is 0 Å². The number of hydrogen-bond donors (Lipinski definition) is 2. The van der Waals surface area contributed by atoms with E-state index in [-0.39, 0.29) is 18.3 Å². The molecule has 1 rings (SSSR count). The molecule has 0 fully saturated rings. The van der Waals surface area contributed by atoms with E-state index in [2.05, 4.69) is 21.2 Å². The zero-order chi connectivity index (χ0) is 11.5. The lowest BCUT2D eigenvalue weighted by Crippen LogP contribution is -2.37. The molecule has 3 N–H and O–H groups in total. The number of benzene rings is 1. The summed E-state index contributed by atoms with van der Waals surface area (Å²) in [6.07, 6.45) is 0. The fraction of sp³-hybridized carbons (Fsp3) is 0.364. The maximum absolute atomic E-state index is 11.8. The van der Waals surface area contributed by atoms with Gasteiger partial charge in [-0.1, -0.05) is 22.0 Å². The van der Waals surface area contributed by atoms with Crippen LogP contribution < -0.4 is 11.1 Å². The molecule has 0 spiro atoms. The molecule has 0 saturated carbocycles. The summed E-state index contributed by atoms with van der Waals surface area (Å²) in [6.45, 7) is 3.97. The highest BCUT2D eigenvalue weighted by atomic mass is 79.9. The Hall–Kier alpha value is -0.580. The molecule has 0 radical (unpaired) electrons. The van der Waals surface area contributed by atoms with Crippen LogP contribution in [0.2, 0.25) is 0 Å². The number of carbonyl (C=O) groups is 1. The predicted molar refractivity (Wildman–Crippen MR) is 72.9 cm³/mol. The highest BCUT2D eigenvalue weighted by Gasteiger charge is 2.25. The van der Waals surface area contributed by atoms with Crippen molar-refractivity contribution in [2.45, 2.75) is 13.8 Å². The fourth-order valence-corrected chi connectivity index (χ4v) is 1.36. The van der Waals surface area contributed by atoms with Crippen molar-refractivity contribution in [3.63, 3.8) is 0 Å². The lowest BCUT2D eigenvalue weighted by molar-refractivity contribution is -0.123. The molecule has 0 bridgehead atoms. The normalized spacial score (nSPS) is 10.5. The fourth-order valence-electron chi connectivity index (χ4n) is 0.959. The molecular weight excluding hydrogens is 291 g/mol. The van der Waals surface area contributed by atoms with Crippen LogP contribution in [0.1, 0.15) is 13.8 Å². The smallest absolute Gasteiger partial charge is 0.231 e. The number of halogens is 2. The van der Waals surface area contributed by atoms with Gasteiger partial charge >= 0.3 is 0 Å². The summed E-state index contributed by atoms with van der Waals surface area (Å²) in [7, 11) is 0. The van der Waals surface area contributed by atoms with Gasteiger partial charge in [-0.2, -0.15) is 0 Å². The van der Waals surface area contributed by atoms with Crippen molar-refractivity contribution in [3.8, 4) is 0 Å². The molecule has 1 aromatic rings. The number of hydrogen-bond acceptors (Lipinski definition) is 2. The monoisotopic (exact) mass is 306 g/mol. The minimum Gasteiger partial charge on any atom is -0.329 e. The molecule has 0 aromatic heterocycles. The molecule has 0 aliphatic carbocycles. The summed E-state index contributed by atoms with van der Waals surface area (Å²) in [6, 6.07) is 7.47. The van der Waals surface area contributed by atoms with E-state index in [9.17, 15) is 4.79 Å². The number of rotatable bonds is 3. The van der Waals surface area contributed by atoms with Crippen LogP contribution in [0.15, 0.2) is 28.7 Å². The van der Waals surface area contributed by atoms with Gasteiger partial charge in [0.05, 0.1) is 5.41 Å². The van der Waals surface area contributed by atoms with E-state index in [4.69, 9.17) is 5.73 Å². The van der Waals surface area contributed by atoms with E-state index in [1.807, 2.05) is 38.1 Å². The molecule has 0 aliphatic heterocycles. The minimum atomic E-state index is -0.539. The number of anilines is 1. The SMILES string of the molecule is CC(C)(CN)C(=O)Nc1cccc(Br)c1.Cl. The molecule has 0 aliphatic rings. The van der Waals surface area contributed by atoms with Crippen LogP contribution in [-0.4, -0.2) is 12.5 Å². The van der Waals surface area contributed by atoms with Crippen molar-refractivity contribution < 1.29 is 4.79 Å². The first-order chi connectivity index (χ1) is 6.95. The summed E-state index contributed by atoms with van der Waals surface area (Å²) in [5.41, 5.74) is 5.76. The maximum atomic E-state index is 11.8. The standard InChI is InChI=1S/C11H15BrN2O.ClH/c1-11(2,7-13)10(15)14-9-5-3-4-8(12)6-9;/h3-6H,7,13H2,1-2H3,(H,14,15);1H. The van der Waals surface area contributed by atoms with Crippen molar-refractivity contribution in [2.75, 3.05) is 11.9 Å². The third-order valence-corrected chi connectivity index (χ3v) is 2.70. The number of nitrogens with two attached hydrogens (primary N) is 1. The van der Waals surface area contributed by atoms with E-state index < -0.39 is 5.41 Å². The minimum absolute atomic E-state index is 0. The number of amides is 1. The van der Waals surface area contributed by atoms with E-state index in [1.165, 1.54) is 0 Å². The van der Waals surface area contributed by atoms with Gasteiger partial charge in [0.15, 0.2) is 0 Å². The lowest BCUT2D eigenvalue weighted by Gasteiger charge is -2.21. The molecule has 0 saturated heterocycles. The Kier molecular flexibility index (Phi) is 6.00. The van der Waals surface area contributed by atoms with Crippen LogP contribution >= 0.6 is 28.3 Å². The summed E-state index contributed by atoms with van der Waals surface area (Å²) >= 11 is 3.34. The summed E-state index contributed by atoms with van der Waals surface area (Å²) in [5.74, 6) is -0.0666. The van der Waals surface area contributed by atoms with Crippen LogP contribution in [0.5, 0.6) is 0 Å². The molecule has 5 heteroatoms. The van der Waals surface area contributed by atoms with Crippen LogP contribution in [0, 0.1) is 5.41 Å². The first kappa shape index (κ1) is 15.4. The molecule has 0 heterocycles. The Bertz CT molecular complexity index is 369. The molecule has 0 atom stereocenters. The van der Waals surface area contributed by atoms with Gasteiger partial charge in [-0.3, -0.25) is 4.79 Å². The third kappa shape index (κ3) is 4.12. The average Bonchev–Trinajstić information content (AvgIpc) is 2.17. The summed E-state index contributed by atoms with van der Waals surface area (Å²) in [4.78, 5) is 11.8. The molecule has 90 valence electrons. The van der Waals surface area contributed by atoms with E-state index in [1.54, 1.807) is 0 Å². The lowest BCUT2D eigenvalue weighted by atomic mass is 9.92. The number of nitrogens with one attached hydrogen (secondary N) is 1. The summed E-state index contributed by atoms with van der Waals surface area (Å²) in [5, 5.41) is 2.82. The van der Waals surface area contributed by atoms with Gasteiger partial charge < -0.3 is 11.1 Å². The van der Waals surface area contributed by atoms with Gasteiger partial charge in [-0.15, -0.1) is 12.4 Å². The van der Waals surface area contributed by atoms with Crippen LogP contribution in [-0.2, 0) is 4.79 Å². The zero-order valence-corrected chi connectivity index (χ0v) is 11.7. The highest BCUT2D eigenvalue weighted by molar-refractivity contribution is 9.10. The van der Waals surface area contributed by atoms with Crippen molar-refractivity contribution in [2.24, 2.45) is 11.1 Å². The van der Waals surface area contributed by atoms with Gasteiger partial charge in [0, 0.05) is 16.7 Å². The second-order valence-electron chi connectivity index (χ2n) is 4.05. The molecule has 3 nitrogen and oxygen atoms in total. The second kappa shape index (κ2) is 6.23. The van der Waals surface area contributed by atoms with Crippen LogP contribution in [0.25, 0.3) is 0 Å². The van der Waals surface area contributed by atoms with E-state index in [0.717, 1.165) is 10.2 Å². The topological polar surface area (TPSA) is 55.1 Å². The zero-order valence-electron chi connectivity index (χ0n) is 9.29. The highest BCUT2D eigenvalue weighted by Crippen LogP contribution is 2.19. The average molecular weight is 308 g/mol. The Morgan fingerprint density at radius 3 is 2.62 bits per heavy atom. The molecule has 0 unspecified atom stereocenters. The van der Waals surface area contributed by atoms with Gasteiger partial charge in [0.1, 0.15) is 0 Å². The first-order valence-corrected chi connectivity index (χ1v) is 5.52. The Balaban J connectivity index is 0.00000225. The third-order valence-electron chi connectivity index (χ3n) is 2.21. The van der Waals surface area contributed by atoms with Gasteiger partial charge in [-0.25, -0.2) is 0 Å². The van der Waals surface area contributed by atoms with Crippen LogP contribution in [0.3, 0.4) is 0 Å². The van der Waals surface area contributed by atoms with Gasteiger partial charge in [0.2, 0.25) is 5.91 Å².